The fourth-order valence-corrected chi connectivity index (χ4v) is 2.67. The van der Waals surface area contributed by atoms with Crippen molar-refractivity contribution in [2.24, 2.45) is 0 Å². The van der Waals surface area contributed by atoms with Crippen molar-refractivity contribution in [3.8, 4) is 0 Å². The average molecular weight is 350 g/mol. The molecule has 0 rings (SSSR count). The Morgan fingerprint density at radius 2 is 1.12 bits per heavy atom. The molecule has 0 aromatic carbocycles. The van der Waals surface area contributed by atoms with Crippen LogP contribution in [0.3, 0.4) is 0 Å². The van der Waals surface area contributed by atoms with E-state index < -0.39 is 31.0 Å². The van der Waals surface area contributed by atoms with E-state index in [1.54, 1.807) is 0 Å². The predicted octanol–water partition coefficient (Wildman–Crippen LogP) is 0.933. The monoisotopic (exact) mass is 349 g/mol. The standard InChI is InChI=1S/C18H39NO5/c1-2-3-4-5-6-7-8-9-10-11-12-19-13-15(21)17(23)18(24)16(22)14-20/h15-24H,2-14H2,1H3. The third-order valence-electron chi connectivity index (χ3n) is 4.39. The smallest absolute Gasteiger partial charge is 0.111 e. The van der Waals surface area contributed by atoms with Gasteiger partial charge < -0.3 is 30.8 Å². The topological polar surface area (TPSA) is 113 Å². The van der Waals surface area contributed by atoms with E-state index in [1.807, 2.05) is 0 Å². The highest BCUT2D eigenvalue weighted by Crippen LogP contribution is 2.10. The summed E-state index contributed by atoms with van der Waals surface area (Å²) in [6.45, 7) is 2.47. The lowest BCUT2D eigenvalue weighted by Gasteiger charge is -2.25. The Kier molecular flexibility index (Phi) is 16.1. The predicted molar refractivity (Wildman–Crippen MR) is 95.8 cm³/mol. The van der Waals surface area contributed by atoms with Gasteiger partial charge in [0.1, 0.15) is 18.3 Å². The summed E-state index contributed by atoms with van der Waals surface area (Å²) >= 11 is 0. The molecular weight excluding hydrogens is 310 g/mol. The fraction of sp³-hybridized carbons (Fsp3) is 1.00. The number of aliphatic hydroxyl groups excluding tert-OH is 5. The van der Waals surface area contributed by atoms with Gasteiger partial charge in [0.05, 0.1) is 12.7 Å². The minimum absolute atomic E-state index is 0.147. The van der Waals surface area contributed by atoms with E-state index in [-0.39, 0.29) is 6.54 Å². The molecule has 0 aliphatic heterocycles. The molecule has 146 valence electrons. The summed E-state index contributed by atoms with van der Waals surface area (Å²) < 4.78 is 0. The second kappa shape index (κ2) is 16.2. The van der Waals surface area contributed by atoms with Crippen LogP contribution in [-0.2, 0) is 0 Å². The first-order chi connectivity index (χ1) is 11.5. The van der Waals surface area contributed by atoms with E-state index in [2.05, 4.69) is 12.2 Å². The van der Waals surface area contributed by atoms with Gasteiger partial charge in [0.25, 0.3) is 0 Å². The number of hydrogen-bond acceptors (Lipinski definition) is 6. The zero-order valence-electron chi connectivity index (χ0n) is 15.2. The molecule has 0 saturated heterocycles. The average Bonchev–Trinajstić information content (AvgIpc) is 2.60. The molecule has 0 aliphatic carbocycles. The molecule has 6 N–H and O–H groups in total. The van der Waals surface area contributed by atoms with Gasteiger partial charge in [0.2, 0.25) is 0 Å². The van der Waals surface area contributed by atoms with E-state index >= 15 is 0 Å². The normalized spacial score (nSPS) is 16.8. The Hall–Kier alpha value is -0.240. The zero-order chi connectivity index (χ0) is 18.2. The largest absolute Gasteiger partial charge is 0.394 e. The van der Waals surface area contributed by atoms with Crippen molar-refractivity contribution in [3.63, 3.8) is 0 Å². The molecule has 0 fully saturated rings. The zero-order valence-corrected chi connectivity index (χ0v) is 15.2. The van der Waals surface area contributed by atoms with Gasteiger partial charge >= 0.3 is 0 Å². The molecule has 0 spiro atoms. The van der Waals surface area contributed by atoms with Crippen LogP contribution in [0.25, 0.3) is 0 Å². The molecule has 0 heterocycles. The number of unbranched alkanes of at least 4 members (excludes halogenated alkanes) is 9. The van der Waals surface area contributed by atoms with Crippen LogP contribution in [0.1, 0.15) is 71.1 Å². The van der Waals surface area contributed by atoms with Gasteiger partial charge in [-0.3, -0.25) is 0 Å². The highest BCUT2D eigenvalue weighted by atomic mass is 16.4. The van der Waals surface area contributed by atoms with Crippen molar-refractivity contribution >= 4 is 0 Å². The third kappa shape index (κ3) is 12.2. The molecule has 24 heavy (non-hydrogen) atoms. The summed E-state index contributed by atoms with van der Waals surface area (Å²) in [4.78, 5) is 0. The van der Waals surface area contributed by atoms with Crippen LogP contribution in [0.15, 0.2) is 0 Å². The summed E-state index contributed by atoms with van der Waals surface area (Å²) in [6.07, 6.45) is 7.01. The molecule has 6 heteroatoms. The maximum atomic E-state index is 9.73. The number of hydrogen-bond donors (Lipinski definition) is 6. The fourth-order valence-electron chi connectivity index (χ4n) is 2.67. The minimum Gasteiger partial charge on any atom is -0.394 e. The summed E-state index contributed by atoms with van der Waals surface area (Å²) in [6, 6.07) is 0. The first kappa shape index (κ1) is 23.8. The molecule has 0 aliphatic rings. The van der Waals surface area contributed by atoms with Crippen LogP contribution in [-0.4, -0.2) is 69.6 Å². The second-order valence-corrected chi connectivity index (χ2v) is 6.68. The van der Waals surface area contributed by atoms with Crippen LogP contribution in [0.2, 0.25) is 0 Å². The van der Waals surface area contributed by atoms with Crippen LogP contribution in [0.4, 0.5) is 0 Å². The van der Waals surface area contributed by atoms with E-state index in [4.69, 9.17) is 5.11 Å². The van der Waals surface area contributed by atoms with Gasteiger partial charge in [-0.05, 0) is 13.0 Å². The number of nitrogens with one attached hydrogen (secondary N) is 1. The summed E-state index contributed by atoms with van der Waals surface area (Å²) in [5.74, 6) is 0. The minimum atomic E-state index is -1.55. The first-order valence-electron chi connectivity index (χ1n) is 9.58. The Labute approximate surface area is 146 Å². The Morgan fingerprint density at radius 3 is 1.62 bits per heavy atom. The first-order valence-corrected chi connectivity index (χ1v) is 9.58. The van der Waals surface area contributed by atoms with Gasteiger partial charge in [-0.25, -0.2) is 0 Å². The summed E-state index contributed by atoms with van der Waals surface area (Å²) in [5, 5.41) is 49.9. The number of aliphatic hydroxyl groups is 5. The highest BCUT2D eigenvalue weighted by Gasteiger charge is 2.29. The quantitative estimate of drug-likeness (QED) is 0.218. The molecular formula is C18H39NO5. The van der Waals surface area contributed by atoms with Gasteiger partial charge in [0, 0.05) is 6.54 Å². The van der Waals surface area contributed by atoms with Crippen molar-refractivity contribution < 1.29 is 25.5 Å². The molecule has 0 aromatic heterocycles. The van der Waals surface area contributed by atoms with Crippen molar-refractivity contribution in [1.29, 1.82) is 0 Å². The molecule has 0 saturated carbocycles. The lowest BCUT2D eigenvalue weighted by Crippen LogP contribution is -2.49. The van der Waals surface area contributed by atoms with Crippen molar-refractivity contribution in [2.75, 3.05) is 19.7 Å². The van der Waals surface area contributed by atoms with Gasteiger partial charge in [-0.1, -0.05) is 64.7 Å². The Bertz CT molecular complexity index is 268. The van der Waals surface area contributed by atoms with E-state index in [0.29, 0.717) is 0 Å². The number of rotatable bonds is 17. The molecule has 0 aromatic rings. The lowest BCUT2D eigenvalue weighted by atomic mass is 10.0. The van der Waals surface area contributed by atoms with Gasteiger partial charge in [-0.15, -0.1) is 0 Å². The van der Waals surface area contributed by atoms with Crippen molar-refractivity contribution in [3.05, 3.63) is 0 Å². The Morgan fingerprint density at radius 1 is 0.667 bits per heavy atom. The second-order valence-electron chi connectivity index (χ2n) is 6.68. The lowest BCUT2D eigenvalue weighted by molar-refractivity contribution is -0.113. The SMILES string of the molecule is CCCCCCCCCCCCNCC(O)C(O)C(O)C(O)CO. The molecule has 4 unspecified atom stereocenters. The van der Waals surface area contributed by atoms with E-state index in [9.17, 15) is 20.4 Å². The third-order valence-corrected chi connectivity index (χ3v) is 4.39. The van der Waals surface area contributed by atoms with Crippen LogP contribution < -0.4 is 5.32 Å². The van der Waals surface area contributed by atoms with Crippen molar-refractivity contribution in [2.45, 2.75) is 95.5 Å². The Balaban J connectivity index is 3.43. The maximum absolute atomic E-state index is 9.73. The van der Waals surface area contributed by atoms with Gasteiger partial charge in [-0.2, -0.15) is 0 Å². The maximum Gasteiger partial charge on any atom is 0.111 e. The summed E-state index contributed by atoms with van der Waals surface area (Å²) in [7, 11) is 0. The van der Waals surface area contributed by atoms with Gasteiger partial charge in [0.15, 0.2) is 0 Å². The highest BCUT2D eigenvalue weighted by molar-refractivity contribution is 4.81. The van der Waals surface area contributed by atoms with Crippen LogP contribution in [0.5, 0.6) is 0 Å². The van der Waals surface area contributed by atoms with E-state index in [1.165, 1.54) is 51.4 Å². The van der Waals surface area contributed by atoms with Crippen LogP contribution >= 0.6 is 0 Å². The molecule has 6 nitrogen and oxygen atoms in total. The molecule has 4 atom stereocenters. The van der Waals surface area contributed by atoms with E-state index in [0.717, 1.165) is 19.4 Å². The summed E-state index contributed by atoms with van der Waals surface area (Å²) in [5.41, 5.74) is 0. The molecule has 0 amide bonds. The van der Waals surface area contributed by atoms with Crippen molar-refractivity contribution in [1.82, 2.24) is 5.32 Å². The molecule has 0 bridgehead atoms. The molecule has 0 radical (unpaired) electrons. The van der Waals surface area contributed by atoms with Crippen LogP contribution in [0, 0.1) is 0 Å².